The number of hydrogen-bond donors (Lipinski definition) is 1. The fraction of sp³-hybridized carbons (Fsp3) is 0.714. The smallest absolute Gasteiger partial charge is 0.207 e. The zero-order valence-corrected chi connectivity index (χ0v) is 6.84. The molecule has 0 aromatic rings. The Morgan fingerprint density at radius 3 is 3.00 bits per heavy atom. The largest absolute Gasteiger partial charge is 0.388 e. The molecule has 0 aromatic heterocycles. The quantitative estimate of drug-likeness (QED) is 0.333. The minimum atomic E-state index is -0.486. The number of rotatable bonds is 2. The van der Waals surface area contributed by atoms with Crippen LogP contribution in [0.5, 0.6) is 0 Å². The summed E-state index contributed by atoms with van der Waals surface area (Å²) < 4.78 is 5.00. The van der Waals surface area contributed by atoms with Gasteiger partial charge in [-0.1, -0.05) is 0 Å². The van der Waals surface area contributed by atoms with Crippen molar-refractivity contribution in [2.24, 2.45) is 4.99 Å². The lowest BCUT2D eigenvalue weighted by Crippen LogP contribution is -2.25. The molecule has 1 aliphatic heterocycles. The summed E-state index contributed by atoms with van der Waals surface area (Å²) in [6.07, 6.45) is 2.41. The summed E-state index contributed by atoms with van der Waals surface area (Å²) in [5.41, 5.74) is 0. The normalized spacial score (nSPS) is 29.6. The lowest BCUT2D eigenvalue weighted by atomic mass is 10.3. The Labute approximate surface area is 70.9 Å². The number of methoxy groups -OCH3 is 1. The Balaban J connectivity index is 2.44. The Morgan fingerprint density at radius 2 is 2.50 bits per heavy atom. The fourth-order valence-corrected chi connectivity index (χ4v) is 1.22. The second kappa shape index (κ2) is 4.04. The molecule has 0 saturated carbocycles. The second-order valence-corrected chi connectivity index (χ2v) is 2.64. The zero-order valence-electron chi connectivity index (χ0n) is 6.84. The number of ether oxygens (including phenoxy) is 1. The highest BCUT2D eigenvalue weighted by molar-refractivity contribution is 5.56. The molecule has 5 nitrogen and oxygen atoms in total. The van der Waals surface area contributed by atoms with E-state index in [4.69, 9.17) is 10.00 Å². The molecule has 1 fully saturated rings. The molecule has 0 spiro atoms. The van der Waals surface area contributed by atoms with E-state index in [1.807, 2.05) is 0 Å². The third kappa shape index (κ3) is 1.94. The summed E-state index contributed by atoms with van der Waals surface area (Å²) in [6.45, 7) is 1.06. The second-order valence-electron chi connectivity index (χ2n) is 2.64. The highest BCUT2D eigenvalue weighted by Gasteiger charge is 2.29. The van der Waals surface area contributed by atoms with E-state index in [1.165, 1.54) is 6.34 Å². The topological polar surface area (TPSA) is 68.8 Å². The van der Waals surface area contributed by atoms with Crippen LogP contribution in [0.4, 0.5) is 0 Å². The number of aliphatic imine (C=N–C) groups is 1. The zero-order chi connectivity index (χ0) is 8.97. The number of hydrogen-bond acceptors (Lipinski definition) is 4. The lowest BCUT2D eigenvalue weighted by Gasteiger charge is -2.09. The molecule has 66 valence electrons. The van der Waals surface area contributed by atoms with Gasteiger partial charge in [-0.15, -0.1) is 0 Å². The van der Waals surface area contributed by atoms with E-state index in [9.17, 15) is 5.11 Å². The van der Waals surface area contributed by atoms with Crippen LogP contribution in [0.3, 0.4) is 0 Å². The van der Waals surface area contributed by atoms with E-state index in [0.29, 0.717) is 13.1 Å². The van der Waals surface area contributed by atoms with Crippen LogP contribution in [0.2, 0.25) is 0 Å². The summed E-state index contributed by atoms with van der Waals surface area (Å²) >= 11 is 0. The molecule has 1 rings (SSSR count). The molecule has 0 bridgehead atoms. The molecule has 1 aliphatic rings. The first-order valence-electron chi connectivity index (χ1n) is 3.65. The van der Waals surface area contributed by atoms with Gasteiger partial charge < -0.3 is 14.7 Å². The van der Waals surface area contributed by atoms with Crippen molar-refractivity contribution in [3.05, 3.63) is 0 Å². The van der Waals surface area contributed by atoms with Gasteiger partial charge in [0.1, 0.15) is 12.4 Å². The Hall–Kier alpha value is -1.12. The van der Waals surface area contributed by atoms with E-state index in [0.717, 1.165) is 0 Å². The minimum absolute atomic E-state index is 0.171. The molecule has 0 amide bonds. The molecular weight excluding hydrogens is 158 g/mol. The predicted octanol–water partition coefficient (Wildman–Crippen LogP) is -0.813. The molecule has 1 saturated heterocycles. The molecule has 0 aliphatic carbocycles. The Morgan fingerprint density at radius 1 is 1.75 bits per heavy atom. The van der Waals surface area contributed by atoms with Crippen LogP contribution in [-0.2, 0) is 4.74 Å². The van der Waals surface area contributed by atoms with Crippen molar-refractivity contribution in [1.29, 1.82) is 5.26 Å². The maximum absolute atomic E-state index is 9.35. The molecule has 12 heavy (non-hydrogen) atoms. The molecule has 1 N–H and O–H groups in total. The van der Waals surface area contributed by atoms with E-state index in [2.05, 4.69) is 4.99 Å². The van der Waals surface area contributed by atoms with E-state index < -0.39 is 6.10 Å². The summed E-state index contributed by atoms with van der Waals surface area (Å²) in [5.74, 6) is 0. The first-order chi connectivity index (χ1) is 5.77. The van der Waals surface area contributed by atoms with Gasteiger partial charge in [-0.05, 0) is 0 Å². The standard InChI is InChI=1S/C7H11N3O2/c1-12-7-3-10(2-6(7)11)5-9-4-8/h5-7,11H,2-3H2,1H3/t6-,7-/m1/s1. The molecule has 5 heteroatoms. The minimum Gasteiger partial charge on any atom is -0.388 e. The molecule has 0 radical (unpaired) electrons. The first-order valence-corrected chi connectivity index (χ1v) is 3.65. The molecular formula is C7H11N3O2. The van der Waals surface area contributed by atoms with E-state index in [1.54, 1.807) is 18.2 Å². The van der Waals surface area contributed by atoms with E-state index in [-0.39, 0.29) is 6.10 Å². The summed E-state index contributed by atoms with van der Waals surface area (Å²) in [6, 6.07) is 0. The van der Waals surface area contributed by atoms with Crippen molar-refractivity contribution in [3.8, 4) is 6.19 Å². The number of β-amino-alcohol motifs (C(OH)–C–C–N with tert-alkyl or cyclic N) is 1. The SMILES string of the molecule is CO[C@@H]1CN(C=NC#N)C[C@H]1O. The monoisotopic (exact) mass is 169 g/mol. The average Bonchev–Trinajstić information content (AvgIpc) is 2.43. The Kier molecular flexibility index (Phi) is 3.02. The van der Waals surface area contributed by atoms with Crippen molar-refractivity contribution >= 4 is 6.34 Å². The van der Waals surface area contributed by atoms with E-state index >= 15 is 0 Å². The molecule has 0 aromatic carbocycles. The van der Waals surface area contributed by atoms with Crippen molar-refractivity contribution in [2.75, 3.05) is 20.2 Å². The van der Waals surface area contributed by atoms with Gasteiger partial charge in [0.15, 0.2) is 0 Å². The molecule has 0 unspecified atom stereocenters. The third-order valence-electron chi connectivity index (χ3n) is 1.85. The van der Waals surface area contributed by atoms with Gasteiger partial charge >= 0.3 is 0 Å². The maximum atomic E-state index is 9.35. The number of likely N-dealkylation sites (tertiary alicyclic amines) is 1. The van der Waals surface area contributed by atoms with Gasteiger partial charge in [0.05, 0.1) is 6.10 Å². The fourth-order valence-electron chi connectivity index (χ4n) is 1.22. The number of nitrogens with zero attached hydrogens (tertiary/aromatic N) is 3. The van der Waals surface area contributed by atoms with Crippen molar-refractivity contribution in [2.45, 2.75) is 12.2 Å². The van der Waals surface area contributed by atoms with Crippen LogP contribution < -0.4 is 0 Å². The van der Waals surface area contributed by atoms with Gasteiger partial charge in [-0.3, -0.25) is 0 Å². The van der Waals surface area contributed by atoms with Crippen LogP contribution in [0, 0.1) is 11.5 Å². The van der Waals surface area contributed by atoms with Gasteiger partial charge in [-0.25, -0.2) is 0 Å². The maximum Gasteiger partial charge on any atom is 0.207 e. The lowest BCUT2D eigenvalue weighted by molar-refractivity contribution is 0.0216. The number of nitriles is 1. The van der Waals surface area contributed by atoms with Crippen LogP contribution in [0.25, 0.3) is 0 Å². The Bertz CT molecular complexity index is 211. The number of aliphatic hydroxyl groups is 1. The van der Waals surface area contributed by atoms with Crippen molar-refractivity contribution in [3.63, 3.8) is 0 Å². The van der Waals surface area contributed by atoms with Gasteiger partial charge in [0.25, 0.3) is 0 Å². The summed E-state index contributed by atoms with van der Waals surface area (Å²) in [4.78, 5) is 5.15. The van der Waals surface area contributed by atoms with Crippen LogP contribution in [-0.4, -0.2) is 48.8 Å². The summed E-state index contributed by atoms with van der Waals surface area (Å²) in [5, 5.41) is 17.5. The summed E-state index contributed by atoms with van der Waals surface area (Å²) in [7, 11) is 1.55. The van der Waals surface area contributed by atoms with Crippen LogP contribution >= 0.6 is 0 Å². The van der Waals surface area contributed by atoms with Crippen molar-refractivity contribution in [1.82, 2.24) is 4.90 Å². The molecule has 1 heterocycles. The average molecular weight is 169 g/mol. The van der Waals surface area contributed by atoms with Crippen LogP contribution in [0.15, 0.2) is 4.99 Å². The molecule has 2 atom stereocenters. The van der Waals surface area contributed by atoms with Crippen LogP contribution in [0.1, 0.15) is 0 Å². The highest BCUT2D eigenvalue weighted by atomic mass is 16.5. The van der Waals surface area contributed by atoms with Gasteiger partial charge in [-0.2, -0.15) is 10.3 Å². The third-order valence-corrected chi connectivity index (χ3v) is 1.85. The van der Waals surface area contributed by atoms with Crippen molar-refractivity contribution < 1.29 is 9.84 Å². The predicted molar refractivity (Wildman–Crippen MR) is 42.5 cm³/mol. The van der Waals surface area contributed by atoms with Gasteiger partial charge in [0.2, 0.25) is 6.19 Å². The highest BCUT2D eigenvalue weighted by Crippen LogP contribution is 2.10. The van der Waals surface area contributed by atoms with Gasteiger partial charge in [0, 0.05) is 20.2 Å². The number of aliphatic hydroxyl groups excluding tert-OH is 1. The first kappa shape index (κ1) is 8.97.